The number of nitrogens with zero attached hydrogens (tertiary/aromatic N) is 2. The van der Waals surface area contributed by atoms with Gasteiger partial charge in [-0.1, -0.05) is 0 Å². The quantitative estimate of drug-likeness (QED) is 0.900. The summed E-state index contributed by atoms with van der Waals surface area (Å²) < 4.78 is 5.59. The van der Waals surface area contributed by atoms with Gasteiger partial charge in [0.15, 0.2) is 5.76 Å². The Hall–Kier alpha value is -1.68. The van der Waals surface area contributed by atoms with E-state index in [2.05, 4.69) is 9.97 Å². The van der Waals surface area contributed by atoms with Crippen molar-refractivity contribution >= 4 is 0 Å². The highest BCUT2D eigenvalue weighted by atomic mass is 16.3. The second-order valence-electron chi connectivity index (χ2n) is 5.07. The lowest BCUT2D eigenvalue weighted by atomic mass is 10.1. The van der Waals surface area contributed by atoms with Gasteiger partial charge in [-0.3, -0.25) is 0 Å². The number of hydrogen-bond donors (Lipinski definition) is 1. The van der Waals surface area contributed by atoms with Crippen molar-refractivity contribution in [2.45, 2.75) is 32.1 Å². The summed E-state index contributed by atoms with van der Waals surface area (Å²) in [6.45, 7) is 3.97. The summed E-state index contributed by atoms with van der Waals surface area (Å²) in [6, 6.07) is 5.75. The summed E-state index contributed by atoms with van der Waals surface area (Å²) in [5.41, 5.74) is 1.50. The minimum Gasteiger partial charge on any atom is -0.460 e. The van der Waals surface area contributed by atoms with Crippen LogP contribution in [0.4, 0.5) is 0 Å². The summed E-state index contributed by atoms with van der Waals surface area (Å²) in [4.78, 5) is 9.02. The Morgan fingerprint density at radius 1 is 1.28 bits per heavy atom. The van der Waals surface area contributed by atoms with Gasteiger partial charge in [0.2, 0.25) is 0 Å². The number of aromatic nitrogens is 2. The van der Waals surface area contributed by atoms with Gasteiger partial charge in [0.25, 0.3) is 0 Å². The molecule has 1 fully saturated rings. The molecule has 0 aromatic carbocycles. The summed E-state index contributed by atoms with van der Waals surface area (Å²) in [7, 11) is 0. The zero-order chi connectivity index (χ0) is 12.8. The average molecular weight is 244 g/mol. The van der Waals surface area contributed by atoms with Crippen LogP contribution in [0.1, 0.15) is 30.1 Å². The molecule has 0 unspecified atom stereocenters. The van der Waals surface area contributed by atoms with Crippen LogP contribution in [0.25, 0.3) is 11.5 Å². The first-order chi connectivity index (χ1) is 8.63. The van der Waals surface area contributed by atoms with E-state index in [4.69, 9.17) is 4.42 Å². The van der Waals surface area contributed by atoms with E-state index < -0.39 is 0 Å². The molecule has 2 aromatic heterocycles. The van der Waals surface area contributed by atoms with Crippen LogP contribution in [0.5, 0.6) is 0 Å². The van der Waals surface area contributed by atoms with Crippen LogP contribution < -0.4 is 0 Å². The van der Waals surface area contributed by atoms with Gasteiger partial charge in [-0.2, -0.15) is 0 Å². The third kappa shape index (κ3) is 1.82. The van der Waals surface area contributed by atoms with Crippen molar-refractivity contribution in [3.8, 4) is 11.5 Å². The Balaban J connectivity index is 2.06. The normalized spacial score (nSPS) is 16.8. The minimum absolute atomic E-state index is 0.118. The molecule has 1 N–H and O–H groups in total. The van der Waals surface area contributed by atoms with Crippen molar-refractivity contribution < 1.29 is 9.52 Å². The maximum Gasteiger partial charge on any atom is 0.152 e. The lowest BCUT2D eigenvalue weighted by molar-refractivity contribution is 0.249. The Morgan fingerprint density at radius 3 is 2.61 bits per heavy atom. The lowest BCUT2D eigenvalue weighted by Crippen LogP contribution is -2.17. The van der Waals surface area contributed by atoms with E-state index in [9.17, 15) is 5.11 Å². The van der Waals surface area contributed by atoms with Crippen LogP contribution in [0.2, 0.25) is 0 Å². The van der Waals surface area contributed by atoms with E-state index in [1.165, 1.54) is 0 Å². The van der Waals surface area contributed by atoms with E-state index >= 15 is 0 Å². The fourth-order valence-electron chi connectivity index (χ4n) is 2.11. The topological polar surface area (TPSA) is 59.2 Å². The summed E-state index contributed by atoms with van der Waals surface area (Å²) in [5.74, 6) is 2.37. The third-order valence-electron chi connectivity index (χ3n) is 3.48. The molecule has 2 heterocycles. The van der Waals surface area contributed by atoms with E-state index in [1.54, 1.807) is 0 Å². The predicted octanol–water partition coefficient (Wildman–Crippen LogP) is 2.38. The van der Waals surface area contributed by atoms with E-state index in [0.29, 0.717) is 0 Å². The molecule has 18 heavy (non-hydrogen) atoms. The largest absolute Gasteiger partial charge is 0.460 e. The number of aliphatic hydroxyl groups excluding tert-OH is 1. The van der Waals surface area contributed by atoms with Crippen molar-refractivity contribution in [1.29, 1.82) is 0 Å². The Labute approximate surface area is 106 Å². The molecule has 0 saturated heterocycles. The second kappa shape index (κ2) is 3.92. The molecule has 4 heteroatoms. The van der Waals surface area contributed by atoms with Crippen molar-refractivity contribution in [2.24, 2.45) is 0 Å². The van der Waals surface area contributed by atoms with Gasteiger partial charge >= 0.3 is 0 Å². The molecule has 0 atom stereocenters. The molecule has 0 spiro atoms. The Bertz CT molecular complexity index is 585. The molecule has 1 aliphatic rings. The number of hydrogen-bond acceptors (Lipinski definition) is 4. The monoisotopic (exact) mass is 244 g/mol. The molecule has 0 radical (unpaired) electrons. The third-order valence-corrected chi connectivity index (χ3v) is 3.48. The highest BCUT2D eigenvalue weighted by molar-refractivity contribution is 5.53. The standard InChI is InChI=1S/C14H16N2O2/c1-9-7-11(12-4-3-10(2)18-12)16-13(15-9)14(8-17)5-6-14/h3-4,7,17H,5-6,8H2,1-2H3. The first-order valence-corrected chi connectivity index (χ1v) is 6.17. The number of aliphatic hydroxyl groups is 1. The zero-order valence-corrected chi connectivity index (χ0v) is 10.6. The SMILES string of the molecule is Cc1cc(-c2ccc(C)o2)nc(C2(CO)CC2)n1. The van der Waals surface area contributed by atoms with Crippen molar-refractivity contribution in [2.75, 3.05) is 6.61 Å². The van der Waals surface area contributed by atoms with Crippen LogP contribution in [0.3, 0.4) is 0 Å². The first kappa shape index (κ1) is 11.4. The molecule has 4 nitrogen and oxygen atoms in total. The molecule has 1 saturated carbocycles. The molecular formula is C14H16N2O2. The van der Waals surface area contributed by atoms with Gasteiger partial charge in [-0.05, 0) is 44.9 Å². The fourth-order valence-corrected chi connectivity index (χ4v) is 2.11. The molecule has 0 amide bonds. The molecule has 2 aromatic rings. The zero-order valence-electron chi connectivity index (χ0n) is 10.6. The highest BCUT2D eigenvalue weighted by Crippen LogP contribution is 2.46. The van der Waals surface area contributed by atoms with Gasteiger partial charge in [-0.15, -0.1) is 0 Å². The van der Waals surface area contributed by atoms with Gasteiger partial charge < -0.3 is 9.52 Å². The maximum atomic E-state index is 9.46. The second-order valence-corrected chi connectivity index (χ2v) is 5.07. The Kier molecular flexibility index (Phi) is 2.48. The summed E-state index contributed by atoms with van der Waals surface area (Å²) in [5, 5.41) is 9.46. The maximum absolute atomic E-state index is 9.46. The van der Waals surface area contributed by atoms with Gasteiger partial charge in [0.1, 0.15) is 17.3 Å². The molecule has 94 valence electrons. The molecule has 0 aliphatic heterocycles. The van der Waals surface area contributed by atoms with E-state index in [-0.39, 0.29) is 12.0 Å². The van der Waals surface area contributed by atoms with Crippen LogP contribution in [0, 0.1) is 13.8 Å². The van der Waals surface area contributed by atoms with Gasteiger partial charge in [0, 0.05) is 5.69 Å². The summed E-state index contributed by atoms with van der Waals surface area (Å²) >= 11 is 0. The number of aryl methyl sites for hydroxylation is 2. The van der Waals surface area contributed by atoms with Gasteiger partial charge in [-0.25, -0.2) is 9.97 Å². The van der Waals surface area contributed by atoms with Crippen LogP contribution in [-0.2, 0) is 5.41 Å². The predicted molar refractivity (Wildman–Crippen MR) is 67.2 cm³/mol. The lowest BCUT2D eigenvalue weighted by Gasteiger charge is -2.11. The number of rotatable bonds is 3. The molecule has 1 aliphatic carbocycles. The van der Waals surface area contributed by atoms with Crippen LogP contribution in [-0.4, -0.2) is 21.7 Å². The van der Waals surface area contributed by atoms with Crippen molar-refractivity contribution in [3.05, 3.63) is 35.5 Å². The molecule has 0 bridgehead atoms. The van der Waals surface area contributed by atoms with E-state index in [1.807, 2.05) is 32.0 Å². The summed E-state index contributed by atoms with van der Waals surface area (Å²) in [6.07, 6.45) is 1.92. The number of furan rings is 1. The van der Waals surface area contributed by atoms with Gasteiger partial charge in [0.05, 0.1) is 12.0 Å². The average Bonchev–Trinajstić information content (AvgIpc) is 3.05. The van der Waals surface area contributed by atoms with E-state index in [0.717, 1.165) is 41.6 Å². The van der Waals surface area contributed by atoms with Crippen molar-refractivity contribution in [3.63, 3.8) is 0 Å². The smallest absolute Gasteiger partial charge is 0.152 e. The van der Waals surface area contributed by atoms with Crippen molar-refractivity contribution in [1.82, 2.24) is 9.97 Å². The Morgan fingerprint density at radius 2 is 2.06 bits per heavy atom. The molecular weight excluding hydrogens is 228 g/mol. The van der Waals surface area contributed by atoms with Crippen LogP contribution >= 0.6 is 0 Å². The van der Waals surface area contributed by atoms with Crippen LogP contribution in [0.15, 0.2) is 22.6 Å². The molecule has 3 rings (SSSR count). The first-order valence-electron chi connectivity index (χ1n) is 6.17. The minimum atomic E-state index is -0.206. The highest BCUT2D eigenvalue weighted by Gasteiger charge is 2.46. The fraction of sp³-hybridized carbons (Fsp3) is 0.429.